The molecule has 4 nitrogen and oxygen atoms in total. The molecule has 2 aromatic heterocycles. The lowest BCUT2D eigenvalue weighted by atomic mass is 10.1. The van der Waals surface area contributed by atoms with Gasteiger partial charge in [-0.25, -0.2) is 0 Å². The number of hydrogen-bond donors (Lipinski definition) is 1. The Bertz CT molecular complexity index is 572. The minimum atomic E-state index is 0. The molecule has 21 heavy (non-hydrogen) atoms. The van der Waals surface area contributed by atoms with E-state index in [1.165, 1.54) is 4.88 Å². The molecule has 0 saturated heterocycles. The van der Waals surface area contributed by atoms with Gasteiger partial charge in [-0.05, 0) is 37.4 Å². The van der Waals surface area contributed by atoms with Crippen LogP contribution in [0.3, 0.4) is 0 Å². The highest BCUT2D eigenvalue weighted by molar-refractivity contribution is 7.09. The zero-order chi connectivity index (χ0) is 14.5. The maximum absolute atomic E-state index is 12.6. The number of pyridine rings is 1. The number of nitrogens with two attached hydrogens (primary N) is 1. The third kappa shape index (κ3) is 4.52. The molecule has 2 aromatic rings. The van der Waals surface area contributed by atoms with Crippen LogP contribution in [0.2, 0.25) is 0 Å². The zero-order valence-electron chi connectivity index (χ0n) is 12.2. The van der Waals surface area contributed by atoms with Gasteiger partial charge in [-0.1, -0.05) is 6.07 Å². The van der Waals surface area contributed by atoms with Crippen LogP contribution in [0.4, 0.5) is 0 Å². The summed E-state index contributed by atoms with van der Waals surface area (Å²) in [6.45, 7) is 5.02. The van der Waals surface area contributed by atoms with Gasteiger partial charge in [-0.2, -0.15) is 0 Å². The van der Waals surface area contributed by atoms with Gasteiger partial charge in [0.2, 0.25) is 0 Å². The average Bonchev–Trinajstić information content (AvgIpc) is 2.97. The van der Waals surface area contributed by atoms with Crippen molar-refractivity contribution >= 4 is 29.7 Å². The minimum Gasteiger partial charge on any atom is -0.331 e. The number of nitrogens with zero attached hydrogens (tertiary/aromatic N) is 2. The summed E-state index contributed by atoms with van der Waals surface area (Å²) in [6.07, 6.45) is 1.64. The van der Waals surface area contributed by atoms with E-state index in [1.54, 1.807) is 29.7 Å². The molecule has 6 heteroatoms. The Morgan fingerprint density at radius 3 is 2.76 bits per heavy atom. The quantitative estimate of drug-likeness (QED) is 0.919. The molecule has 0 radical (unpaired) electrons. The lowest BCUT2D eigenvalue weighted by molar-refractivity contribution is 0.0692. The van der Waals surface area contributed by atoms with Gasteiger partial charge < -0.3 is 10.6 Å². The highest BCUT2D eigenvalue weighted by Crippen LogP contribution is 2.17. The normalized spacial score (nSPS) is 10.3. The molecule has 0 aliphatic carbocycles. The second-order valence-electron chi connectivity index (χ2n) is 4.85. The third-order valence-electron chi connectivity index (χ3n) is 3.06. The molecule has 0 saturated carbocycles. The van der Waals surface area contributed by atoms with Crippen molar-refractivity contribution in [2.45, 2.75) is 33.0 Å². The molecule has 0 aliphatic heterocycles. The van der Waals surface area contributed by atoms with Gasteiger partial charge in [0, 0.05) is 29.2 Å². The van der Waals surface area contributed by atoms with E-state index >= 15 is 0 Å². The van der Waals surface area contributed by atoms with Crippen LogP contribution >= 0.6 is 23.7 Å². The Morgan fingerprint density at radius 1 is 1.43 bits per heavy atom. The maximum Gasteiger partial charge on any atom is 0.254 e. The number of carbonyl (C=O) groups excluding carboxylic acids is 1. The molecule has 0 aromatic carbocycles. The van der Waals surface area contributed by atoms with Crippen LogP contribution in [0.15, 0.2) is 35.8 Å². The third-order valence-corrected chi connectivity index (χ3v) is 3.92. The molecule has 0 unspecified atom stereocenters. The Labute approximate surface area is 135 Å². The Hall–Kier alpha value is -1.43. The van der Waals surface area contributed by atoms with E-state index in [2.05, 4.69) is 4.98 Å². The van der Waals surface area contributed by atoms with Gasteiger partial charge in [0.05, 0.1) is 12.2 Å². The molecule has 0 atom stereocenters. The van der Waals surface area contributed by atoms with E-state index in [-0.39, 0.29) is 24.4 Å². The highest BCUT2D eigenvalue weighted by Gasteiger charge is 2.19. The first-order chi connectivity index (χ1) is 9.61. The average molecular weight is 326 g/mol. The number of hydrogen-bond acceptors (Lipinski definition) is 4. The van der Waals surface area contributed by atoms with Crippen LogP contribution in [-0.2, 0) is 13.1 Å². The fourth-order valence-electron chi connectivity index (χ4n) is 1.95. The van der Waals surface area contributed by atoms with Crippen LogP contribution in [-0.4, -0.2) is 21.8 Å². The predicted octanol–water partition coefficient (Wildman–Crippen LogP) is 3.07. The Morgan fingerprint density at radius 2 is 2.19 bits per heavy atom. The smallest absolute Gasteiger partial charge is 0.254 e. The van der Waals surface area contributed by atoms with Crippen LogP contribution in [0.5, 0.6) is 0 Å². The zero-order valence-corrected chi connectivity index (χ0v) is 13.8. The molecule has 114 valence electrons. The van der Waals surface area contributed by atoms with Crippen molar-refractivity contribution in [3.63, 3.8) is 0 Å². The first kappa shape index (κ1) is 17.6. The largest absolute Gasteiger partial charge is 0.331 e. The molecule has 0 bridgehead atoms. The van der Waals surface area contributed by atoms with E-state index in [0.717, 1.165) is 5.69 Å². The van der Waals surface area contributed by atoms with Crippen molar-refractivity contribution in [1.82, 2.24) is 9.88 Å². The molecular formula is C15H20ClN3OS. The van der Waals surface area contributed by atoms with Gasteiger partial charge in [-0.15, -0.1) is 23.7 Å². The first-order valence-corrected chi connectivity index (χ1v) is 7.48. The van der Waals surface area contributed by atoms with Crippen LogP contribution < -0.4 is 5.73 Å². The van der Waals surface area contributed by atoms with E-state index in [1.807, 2.05) is 36.3 Å². The molecule has 0 spiro atoms. The molecular weight excluding hydrogens is 306 g/mol. The van der Waals surface area contributed by atoms with Crippen LogP contribution in [0.1, 0.15) is 34.8 Å². The predicted molar refractivity (Wildman–Crippen MR) is 88.7 cm³/mol. The van der Waals surface area contributed by atoms with Gasteiger partial charge in [-0.3, -0.25) is 9.78 Å². The van der Waals surface area contributed by atoms with Crippen molar-refractivity contribution in [3.05, 3.63) is 52.0 Å². The number of carbonyl (C=O) groups is 1. The van der Waals surface area contributed by atoms with Crippen LogP contribution in [0, 0.1) is 0 Å². The summed E-state index contributed by atoms with van der Waals surface area (Å²) in [6, 6.07) is 7.70. The lowest BCUT2D eigenvalue weighted by Gasteiger charge is -2.26. The molecule has 0 fully saturated rings. The fourth-order valence-corrected chi connectivity index (χ4v) is 2.65. The summed E-state index contributed by atoms with van der Waals surface area (Å²) in [5.41, 5.74) is 6.95. The monoisotopic (exact) mass is 325 g/mol. The second kappa shape index (κ2) is 8.12. The van der Waals surface area contributed by atoms with E-state index in [0.29, 0.717) is 18.7 Å². The fraction of sp³-hybridized carbons (Fsp3) is 0.333. The number of halogens is 1. The summed E-state index contributed by atoms with van der Waals surface area (Å²) < 4.78 is 0. The van der Waals surface area contributed by atoms with Crippen molar-refractivity contribution in [1.29, 1.82) is 0 Å². The minimum absolute atomic E-state index is 0. The summed E-state index contributed by atoms with van der Waals surface area (Å²) >= 11 is 1.66. The first-order valence-electron chi connectivity index (χ1n) is 6.60. The van der Waals surface area contributed by atoms with Crippen molar-refractivity contribution < 1.29 is 4.79 Å². The number of rotatable bonds is 5. The second-order valence-corrected chi connectivity index (χ2v) is 5.88. The Balaban J connectivity index is 0.00000220. The standard InChI is InChI=1S/C15H19N3OS.ClH/c1-11(2)18(10-14-4-3-7-20-14)15(19)12-5-6-17-13(8-12)9-16;/h3-8,11H,9-10,16H2,1-2H3;1H. The summed E-state index contributed by atoms with van der Waals surface area (Å²) in [4.78, 5) is 19.8. The summed E-state index contributed by atoms with van der Waals surface area (Å²) in [7, 11) is 0. The highest BCUT2D eigenvalue weighted by atomic mass is 35.5. The van der Waals surface area contributed by atoms with Gasteiger partial charge in [0.15, 0.2) is 0 Å². The number of aromatic nitrogens is 1. The molecule has 0 aliphatic rings. The van der Waals surface area contributed by atoms with Gasteiger partial charge in [0.1, 0.15) is 0 Å². The molecule has 2 N–H and O–H groups in total. The molecule has 1 amide bonds. The number of thiophene rings is 1. The molecule has 2 heterocycles. The van der Waals surface area contributed by atoms with Crippen molar-refractivity contribution in [3.8, 4) is 0 Å². The van der Waals surface area contributed by atoms with E-state index < -0.39 is 0 Å². The van der Waals surface area contributed by atoms with Gasteiger partial charge in [0.25, 0.3) is 5.91 Å². The van der Waals surface area contributed by atoms with Crippen molar-refractivity contribution in [2.75, 3.05) is 0 Å². The summed E-state index contributed by atoms with van der Waals surface area (Å²) in [5.74, 6) is 0.0190. The topological polar surface area (TPSA) is 59.2 Å². The lowest BCUT2D eigenvalue weighted by Crippen LogP contribution is -2.36. The SMILES string of the molecule is CC(C)N(Cc1cccs1)C(=O)c1ccnc(CN)c1.Cl. The van der Waals surface area contributed by atoms with E-state index in [9.17, 15) is 4.79 Å². The number of amides is 1. The summed E-state index contributed by atoms with van der Waals surface area (Å²) in [5, 5.41) is 2.03. The Kier molecular flexibility index (Phi) is 6.81. The van der Waals surface area contributed by atoms with Crippen LogP contribution in [0.25, 0.3) is 0 Å². The van der Waals surface area contributed by atoms with Crippen molar-refractivity contribution in [2.24, 2.45) is 5.73 Å². The van der Waals surface area contributed by atoms with E-state index in [4.69, 9.17) is 5.73 Å². The molecule has 2 rings (SSSR count). The van der Waals surface area contributed by atoms with Gasteiger partial charge >= 0.3 is 0 Å². The maximum atomic E-state index is 12.6.